The fourth-order valence-electron chi connectivity index (χ4n) is 1.72. The summed E-state index contributed by atoms with van der Waals surface area (Å²) in [6.07, 6.45) is 0.582. The van der Waals surface area contributed by atoms with Gasteiger partial charge in [0.15, 0.2) is 0 Å². The molecular formula is C16H32N2O7S. The molecule has 0 radical (unpaired) electrons. The van der Waals surface area contributed by atoms with Crippen molar-refractivity contribution in [2.24, 2.45) is 11.8 Å². The Bertz CT molecular complexity index is 521. The van der Waals surface area contributed by atoms with Crippen molar-refractivity contribution in [3.8, 4) is 0 Å². The van der Waals surface area contributed by atoms with E-state index in [0.29, 0.717) is 19.4 Å². The molecule has 0 saturated carbocycles. The van der Waals surface area contributed by atoms with E-state index >= 15 is 0 Å². The molecule has 0 fully saturated rings. The van der Waals surface area contributed by atoms with Gasteiger partial charge in [-0.15, -0.1) is 0 Å². The number of ether oxygens (including phenoxy) is 2. The van der Waals surface area contributed by atoms with E-state index in [0.717, 1.165) is 6.26 Å². The molecule has 0 aromatic rings. The zero-order valence-corrected chi connectivity index (χ0v) is 17.1. The van der Waals surface area contributed by atoms with E-state index in [1.165, 1.54) is 0 Å². The summed E-state index contributed by atoms with van der Waals surface area (Å²) >= 11 is 0. The van der Waals surface area contributed by atoms with Crippen LogP contribution in [0.5, 0.6) is 0 Å². The molecule has 0 aliphatic heterocycles. The molecule has 0 saturated heterocycles. The van der Waals surface area contributed by atoms with Crippen LogP contribution in [0.1, 0.15) is 40.5 Å². The van der Waals surface area contributed by atoms with Gasteiger partial charge in [0.25, 0.3) is 10.1 Å². The molecule has 0 heterocycles. The molecule has 154 valence electrons. The third-order valence-corrected chi connectivity index (χ3v) is 3.50. The Labute approximate surface area is 156 Å². The molecule has 26 heavy (non-hydrogen) atoms. The fourth-order valence-corrected chi connectivity index (χ4v) is 2.14. The summed E-state index contributed by atoms with van der Waals surface area (Å²) in [5.74, 6) is 0.417. The number of alkyl carbamates (subject to hydrolysis) is 2. The highest BCUT2D eigenvalue weighted by atomic mass is 32.2. The smallest absolute Gasteiger partial charge is 0.407 e. The fraction of sp³-hybridized carbons (Fsp3) is 0.875. The second kappa shape index (κ2) is 12.7. The van der Waals surface area contributed by atoms with Crippen molar-refractivity contribution in [3.63, 3.8) is 0 Å². The van der Waals surface area contributed by atoms with E-state index in [1.54, 1.807) is 0 Å². The highest BCUT2D eigenvalue weighted by molar-refractivity contribution is 7.85. The van der Waals surface area contributed by atoms with Gasteiger partial charge in [0.2, 0.25) is 0 Å². The number of nitrogens with one attached hydrogen (secondary N) is 2. The maximum Gasteiger partial charge on any atom is 0.407 e. The van der Waals surface area contributed by atoms with Crippen molar-refractivity contribution in [3.05, 3.63) is 0 Å². The van der Waals surface area contributed by atoms with Crippen LogP contribution in [-0.2, 0) is 23.8 Å². The lowest BCUT2D eigenvalue weighted by atomic mass is 10.1. The van der Waals surface area contributed by atoms with Crippen LogP contribution in [0.2, 0.25) is 0 Å². The minimum Gasteiger partial charge on any atom is -0.449 e. The van der Waals surface area contributed by atoms with Crippen LogP contribution >= 0.6 is 0 Å². The molecule has 1 atom stereocenters. The highest BCUT2D eigenvalue weighted by Gasteiger charge is 2.16. The topological polar surface area (TPSA) is 120 Å². The number of hydrogen-bond acceptors (Lipinski definition) is 7. The summed E-state index contributed by atoms with van der Waals surface area (Å²) < 4.78 is 36.7. The number of hydrogen-bond donors (Lipinski definition) is 2. The lowest BCUT2D eigenvalue weighted by molar-refractivity contribution is 0.123. The van der Waals surface area contributed by atoms with Crippen molar-refractivity contribution in [2.75, 3.05) is 32.6 Å². The third kappa shape index (κ3) is 15.9. The maximum absolute atomic E-state index is 11.8. The van der Waals surface area contributed by atoms with E-state index in [4.69, 9.17) is 9.47 Å². The predicted molar refractivity (Wildman–Crippen MR) is 97.3 cm³/mol. The van der Waals surface area contributed by atoms with E-state index in [1.807, 2.05) is 27.7 Å². The average molecular weight is 397 g/mol. The molecule has 2 N–H and O–H groups in total. The van der Waals surface area contributed by atoms with Crippen LogP contribution in [0.3, 0.4) is 0 Å². The molecule has 0 aliphatic rings. The van der Waals surface area contributed by atoms with Crippen LogP contribution < -0.4 is 10.6 Å². The summed E-state index contributed by atoms with van der Waals surface area (Å²) in [6, 6.07) is -0.440. The number of amides is 2. The lowest BCUT2D eigenvalue weighted by Gasteiger charge is -2.19. The van der Waals surface area contributed by atoms with Gasteiger partial charge in [-0.2, -0.15) is 8.42 Å². The van der Waals surface area contributed by atoms with Gasteiger partial charge in [0, 0.05) is 12.6 Å². The van der Waals surface area contributed by atoms with Gasteiger partial charge in [0.05, 0.1) is 26.1 Å². The lowest BCUT2D eigenvalue weighted by Crippen LogP contribution is -2.44. The molecule has 9 nitrogen and oxygen atoms in total. The van der Waals surface area contributed by atoms with Gasteiger partial charge in [-0.1, -0.05) is 27.7 Å². The van der Waals surface area contributed by atoms with Crippen molar-refractivity contribution in [1.82, 2.24) is 10.6 Å². The summed E-state index contributed by atoms with van der Waals surface area (Å²) in [5.41, 5.74) is 0. The Morgan fingerprint density at radius 2 is 1.50 bits per heavy atom. The number of carbonyl (C=O) groups excluding carboxylic acids is 2. The zero-order chi connectivity index (χ0) is 20.2. The van der Waals surface area contributed by atoms with Crippen LogP contribution in [0.4, 0.5) is 9.59 Å². The van der Waals surface area contributed by atoms with Gasteiger partial charge in [-0.3, -0.25) is 4.18 Å². The van der Waals surface area contributed by atoms with Crippen molar-refractivity contribution < 1.29 is 31.7 Å². The molecule has 10 heteroatoms. The normalized spacial score (nSPS) is 12.7. The van der Waals surface area contributed by atoms with Crippen molar-refractivity contribution in [2.45, 2.75) is 46.6 Å². The number of carbonyl (C=O) groups is 2. The zero-order valence-electron chi connectivity index (χ0n) is 16.2. The molecule has 0 rings (SSSR count). The Morgan fingerprint density at radius 1 is 0.962 bits per heavy atom. The van der Waals surface area contributed by atoms with Crippen molar-refractivity contribution in [1.29, 1.82) is 0 Å². The SMILES string of the molecule is CC(C)COC(=O)NCC(CCCOS(C)(=O)=O)NC(=O)OCC(C)C. The second-order valence-electron chi connectivity index (χ2n) is 6.88. The highest BCUT2D eigenvalue weighted by Crippen LogP contribution is 2.02. The summed E-state index contributed by atoms with van der Waals surface area (Å²) in [5, 5.41) is 5.23. The quantitative estimate of drug-likeness (QED) is 0.382. The van der Waals surface area contributed by atoms with E-state index in [2.05, 4.69) is 14.8 Å². The Kier molecular flexibility index (Phi) is 12.0. The van der Waals surface area contributed by atoms with Gasteiger partial charge in [-0.05, 0) is 24.7 Å². The van der Waals surface area contributed by atoms with Crippen LogP contribution in [0.15, 0.2) is 0 Å². The second-order valence-corrected chi connectivity index (χ2v) is 8.52. The van der Waals surface area contributed by atoms with Gasteiger partial charge in [0.1, 0.15) is 0 Å². The third-order valence-electron chi connectivity index (χ3n) is 2.90. The van der Waals surface area contributed by atoms with Crippen LogP contribution in [0, 0.1) is 11.8 Å². The van der Waals surface area contributed by atoms with Crippen LogP contribution in [0.25, 0.3) is 0 Å². The minimum absolute atomic E-state index is 0.00412. The van der Waals surface area contributed by atoms with Crippen LogP contribution in [-0.4, -0.2) is 59.3 Å². The minimum atomic E-state index is -3.51. The summed E-state index contributed by atoms with van der Waals surface area (Å²) in [6.45, 7) is 8.37. The van der Waals surface area contributed by atoms with E-state index < -0.39 is 28.3 Å². The Hall–Kier alpha value is -1.55. The molecular weight excluding hydrogens is 364 g/mol. The average Bonchev–Trinajstić information content (AvgIpc) is 2.51. The largest absolute Gasteiger partial charge is 0.449 e. The van der Waals surface area contributed by atoms with Gasteiger partial charge < -0.3 is 20.1 Å². The standard InChI is InChI=1S/C16H32N2O7S/c1-12(2)10-23-15(19)17-9-14(7-6-8-25-26(5,21)22)18-16(20)24-11-13(3)4/h12-14H,6-11H2,1-5H3,(H,17,19)(H,18,20). The first-order valence-electron chi connectivity index (χ1n) is 8.68. The molecule has 1 unspecified atom stereocenters. The first-order valence-corrected chi connectivity index (χ1v) is 10.5. The predicted octanol–water partition coefficient (Wildman–Crippen LogP) is 1.88. The first kappa shape index (κ1) is 24.5. The molecule has 0 aromatic carbocycles. The Morgan fingerprint density at radius 3 is 2.00 bits per heavy atom. The monoisotopic (exact) mass is 396 g/mol. The van der Waals surface area contributed by atoms with Gasteiger partial charge in [-0.25, -0.2) is 9.59 Å². The summed E-state index contributed by atoms with van der Waals surface area (Å²) in [4.78, 5) is 23.4. The number of rotatable bonds is 12. The van der Waals surface area contributed by atoms with E-state index in [-0.39, 0.29) is 31.6 Å². The Balaban J connectivity index is 4.42. The summed E-state index contributed by atoms with van der Waals surface area (Å²) in [7, 11) is -3.51. The first-order chi connectivity index (χ1) is 12.0. The van der Waals surface area contributed by atoms with Crippen molar-refractivity contribution >= 4 is 22.3 Å². The molecule has 0 aromatic heterocycles. The van der Waals surface area contributed by atoms with Gasteiger partial charge >= 0.3 is 12.2 Å². The molecule has 2 amide bonds. The molecule has 0 aliphatic carbocycles. The molecule has 0 spiro atoms. The maximum atomic E-state index is 11.8. The van der Waals surface area contributed by atoms with E-state index in [9.17, 15) is 18.0 Å². The molecule has 0 bridgehead atoms.